The molecular weight excluding hydrogens is 484 g/mol. The van der Waals surface area contributed by atoms with E-state index >= 15 is 0 Å². The summed E-state index contributed by atoms with van der Waals surface area (Å²) in [5.41, 5.74) is 3.61. The molecule has 2 aromatic heterocycles. The zero-order valence-corrected chi connectivity index (χ0v) is 20.8. The van der Waals surface area contributed by atoms with Crippen molar-refractivity contribution >= 4 is 43.9 Å². The SMILES string of the molecule is Cc1ccc2oc3cc(OCC(O)COc4ccc5c(=O)c6cc(C)ccc6oc5c4)ccc3c(=O)c2c1. The van der Waals surface area contributed by atoms with Gasteiger partial charge in [0.25, 0.3) is 0 Å². The van der Waals surface area contributed by atoms with E-state index < -0.39 is 6.10 Å². The third-order valence-electron chi connectivity index (χ3n) is 6.48. The summed E-state index contributed by atoms with van der Waals surface area (Å²) in [6.45, 7) is 3.79. The molecule has 0 fully saturated rings. The van der Waals surface area contributed by atoms with Crippen LogP contribution in [0.25, 0.3) is 43.9 Å². The van der Waals surface area contributed by atoms with Crippen LogP contribution in [0.1, 0.15) is 11.1 Å². The Bertz CT molecular complexity index is 1820. The van der Waals surface area contributed by atoms with Crippen molar-refractivity contribution in [3.05, 3.63) is 104 Å². The molecule has 4 aromatic carbocycles. The Morgan fingerprint density at radius 1 is 0.605 bits per heavy atom. The van der Waals surface area contributed by atoms with Crippen LogP contribution in [-0.4, -0.2) is 24.4 Å². The second kappa shape index (κ2) is 9.36. The van der Waals surface area contributed by atoms with E-state index in [4.69, 9.17) is 18.3 Å². The molecule has 0 aliphatic heterocycles. The molecule has 6 aromatic rings. The molecule has 0 spiro atoms. The molecule has 0 amide bonds. The Labute approximate surface area is 216 Å². The molecule has 0 atom stereocenters. The molecule has 0 bridgehead atoms. The number of benzene rings is 4. The number of aliphatic hydroxyl groups excluding tert-OH is 1. The van der Waals surface area contributed by atoms with E-state index in [2.05, 4.69) is 0 Å². The van der Waals surface area contributed by atoms with E-state index in [0.717, 1.165) is 11.1 Å². The molecule has 0 unspecified atom stereocenters. The van der Waals surface area contributed by atoms with Crippen LogP contribution in [0.15, 0.2) is 91.2 Å². The third kappa shape index (κ3) is 4.37. The highest BCUT2D eigenvalue weighted by atomic mass is 16.5. The summed E-state index contributed by atoms with van der Waals surface area (Å²) in [6, 6.07) is 20.9. The molecule has 7 heteroatoms. The highest BCUT2D eigenvalue weighted by Gasteiger charge is 2.13. The zero-order valence-electron chi connectivity index (χ0n) is 20.8. The quantitative estimate of drug-likeness (QED) is 0.291. The largest absolute Gasteiger partial charge is 0.491 e. The minimum Gasteiger partial charge on any atom is -0.491 e. The van der Waals surface area contributed by atoms with Crippen molar-refractivity contribution in [1.29, 1.82) is 0 Å². The summed E-state index contributed by atoms with van der Waals surface area (Å²) in [7, 11) is 0. The summed E-state index contributed by atoms with van der Waals surface area (Å²) < 4.78 is 23.3. The van der Waals surface area contributed by atoms with Crippen molar-refractivity contribution in [2.24, 2.45) is 0 Å². The van der Waals surface area contributed by atoms with Gasteiger partial charge < -0.3 is 23.4 Å². The number of aliphatic hydroxyl groups is 1. The number of aryl methyl sites for hydroxylation is 2. The number of hydrogen-bond donors (Lipinski definition) is 1. The molecule has 6 rings (SSSR count). The van der Waals surface area contributed by atoms with Crippen molar-refractivity contribution in [1.82, 2.24) is 0 Å². The minimum absolute atomic E-state index is 0.0326. The fraction of sp³-hybridized carbons (Fsp3) is 0.161. The Kier molecular flexibility index (Phi) is 5.85. The average molecular weight is 509 g/mol. The van der Waals surface area contributed by atoms with Crippen molar-refractivity contribution in [2.45, 2.75) is 20.0 Å². The van der Waals surface area contributed by atoms with E-state index in [-0.39, 0.29) is 24.1 Å². The third-order valence-corrected chi connectivity index (χ3v) is 6.48. The summed E-state index contributed by atoms with van der Waals surface area (Å²) in [6.07, 6.45) is -0.931. The molecule has 0 saturated heterocycles. The molecule has 1 N–H and O–H groups in total. The van der Waals surface area contributed by atoms with Crippen molar-refractivity contribution in [2.75, 3.05) is 13.2 Å². The standard InChI is InChI=1S/C31H24O7/c1-17-3-9-26-24(11-17)30(33)22-7-5-20(13-28(22)37-26)35-15-19(32)16-36-21-6-8-23-29(14-21)38-27-10-4-18(2)12-25(27)31(23)34/h3-14,19,32H,15-16H2,1-2H3. The fourth-order valence-corrected chi connectivity index (χ4v) is 4.51. The molecule has 0 saturated carbocycles. The summed E-state index contributed by atoms with van der Waals surface area (Å²) in [4.78, 5) is 25.7. The number of rotatable bonds is 6. The van der Waals surface area contributed by atoms with Crippen LogP contribution < -0.4 is 20.3 Å². The topological polar surface area (TPSA) is 99.1 Å². The van der Waals surface area contributed by atoms with Gasteiger partial charge >= 0.3 is 0 Å². The van der Waals surface area contributed by atoms with Gasteiger partial charge in [0.05, 0.1) is 21.5 Å². The fourth-order valence-electron chi connectivity index (χ4n) is 4.51. The number of fused-ring (bicyclic) bond motifs is 4. The van der Waals surface area contributed by atoms with E-state index in [1.165, 1.54) is 0 Å². The predicted octanol–water partition coefficient (Wildman–Crippen LogP) is 5.64. The molecule has 190 valence electrons. The lowest BCUT2D eigenvalue weighted by atomic mass is 10.1. The first-order valence-electron chi connectivity index (χ1n) is 12.2. The molecule has 0 aliphatic rings. The highest BCUT2D eigenvalue weighted by molar-refractivity contribution is 5.91. The van der Waals surface area contributed by atoms with E-state index in [0.29, 0.717) is 55.4 Å². The van der Waals surface area contributed by atoms with Gasteiger partial charge in [0.1, 0.15) is 53.1 Å². The van der Waals surface area contributed by atoms with Crippen molar-refractivity contribution < 1.29 is 23.4 Å². The first-order valence-corrected chi connectivity index (χ1v) is 12.2. The van der Waals surface area contributed by atoms with Gasteiger partial charge in [-0.25, -0.2) is 0 Å². The Morgan fingerprint density at radius 3 is 1.50 bits per heavy atom. The maximum absolute atomic E-state index is 12.8. The van der Waals surface area contributed by atoms with Crippen LogP contribution in [-0.2, 0) is 0 Å². The first-order chi connectivity index (χ1) is 18.4. The molecule has 7 nitrogen and oxygen atoms in total. The van der Waals surface area contributed by atoms with Gasteiger partial charge in [0.2, 0.25) is 10.9 Å². The molecule has 0 aliphatic carbocycles. The highest BCUT2D eigenvalue weighted by Crippen LogP contribution is 2.25. The lowest BCUT2D eigenvalue weighted by Crippen LogP contribution is -2.25. The monoisotopic (exact) mass is 508 g/mol. The predicted molar refractivity (Wildman–Crippen MR) is 146 cm³/mol. The van der Waals surface area contributed by atoms with E-state index in [1.54, 1.807) is 48.5 Å². The molecule has 2 heterocycles. The summed E-state index contributed by atoms with van der Waals surface area (Å²) in [5, 5.41) is 12.4. The van der Waals surface area contributed by atoms with Crippen LogP contribution in [0, 0.1) is 13.8 Å². The maximum Gasteiger partial charge on any atom is 0.200 e. The molecule has 0 radical (unpaired) electrons. The first kappa shape index (κ1) is 23.8. The normalized spacial score (nSPS) is 11.7. The van der Waals surface area contributed by atoms with E-state index in [9.17, 15) is 14.7 Å². The van der Waals surface area contributed by atoms with Gasteiger partial charge in [-0.1, -0.05) is 23.3 Å². The van der Waals surface area contributed by atoms with Crippen molar-refractivity contribution in [3.8, 4) is 11.5 Å². The van der Waals surface area contributed by atoms with Crippen LogP contribution in [0.5, 0.6) is 11.5 Å². The summed E-state index contributed by atoms with van der Waals surface area (Å²) >= 11 is 0. The van der Waals surface area contributed by atoms with Crippen molar-refractivity contribution in [3.63, 3.8) is 0 Å². The van der Waals surface area contributed by atoms with Gasteiger partial charge in [-0.3, -0.25) is 9.59 Å². The number of ether oxygens (including phenoxy) is 2. The van der Waals surface area contributed by atoms with Gasteiger partial charge in [-0.05, 0) is 62.4 Å². The Balaban J connectivity index is 1.14. The van der Waals surface area contributed by atoms with Gasteiger partial charge in [-0.15, -0.1) is 0 Å². The van der Waals surface area contributed by atoms with Gasteiger partial charge in [0, 0.05) is 12.1 Å². The zero-order chi connectivity index (χ0) is 26.4. The van der Waals surface area contributed by atoms with E-state index in [1.807, 2.05) is 38.1 Å². The lowest BCUT2D eigenvalue weighted by Gasteiger charge is -2.14. The average Bonchev–Trinajstić information content (AvgIpc) is 2.91. The van der Waals surface area contributed by atoms with Crippen LogP contribution in [0.3, 0.4) is 0 Å². The van der Waals surface area contributed by atoms with Crippen LogP contribution in [0.2, 0.25) is 0 Å². The smallest absolute Gasteiger partial charge is 0.200 e. The summed E-state index contributed by atoms with van der Waals surface area (Å²) in [5.74, 6) is 0.918. The van der Waals surface area contributed by atoms with Gasteiger partial charge in [-0.2, -0.15) is 0 Å². The molecule has 38 heavy (non-hydrogen) atoms. The maximum atomic E-state index is 12.8. The Morgan fingerprint density at radius 2 is 1.05 bits per heavy atom. The lowest BCUT2D eigenvalue weighted by molar-refractivity contribution is 0.0627. The molecular formula is C31H24O7. The Hall–Kier alpha value is -4.62. The minimum atomic E-state index is -0.931. The van der Waals surface area contributed by atoms with Gasteiger partial charge in [0.15, 0.2) is 0 Å². The number of hydrogen-bond acceptors (Lipinski definition) is 7. The second-order valence-electron chi connectivity index (χ2n) is 9.45. The second-order valence-corrected chi connectivity index (χ2v) is 9.45. The van der Waals surface area contributed by atoms with Crippen LogP contribution >= 0.6 is 0 Å². The van der Waals surface area contributed by atoms with Crippen LogP contribution in [0.4, 0.5) is 0 Å².